The second-order valence-corrected chi connectivity index (χ2v) is 3.63. The second kappa shape index (κ2) is 5.02. The fourth-order valence-corrected chi connectivity index (χ4v) is 1.43. The van der Waals surface area contributed by atoms with E-state index in [9.17, 15) is 9.59 Å². The van der Waals surface area contributed by atoms with Gasteiger partial charge in [-0.3, -0.25) is 9.59 Å². The number of carbonyl (C=O) groups excluding carboxylic acids is 2. The molecule has 3 nitrogen and oxygen atoms in total. The Kier molecular flexibility index (Phi) is 3.98. The molecular weight excluding hydrogens is 248 g/mol. The Balaban J connectivity index is 2.75. The minimum Gasteiger partial charge on any atom is -0.388 e. The van der Waals surface area contributed by atoms with Gasteiger partial charge in [-0.15, -0.1) is 0 Å². The predicted octanol–water partition coefficient (Wildman–Crippen LogP) is 1.12. The molecule has 0 unspecified atom stereocenters. The molecule has 0 saturated carbocycles. The van der Waals surface area contributed by atoms with Crippen LogP contribution in [0.25, 0.3) is 0 Å². The SMILES string of the molecule is O=C(CO)C(=O)Cc1ccccc1Br. The zero-order valence-corrected chi connectivity index (χ0v) is 8.95. The molecule has 0 fully saturated rings. The lowest BCUT2D eigenvalue weighted by molar-refractivity contribution is -0.137. The van der Waals surface area contributed by atoms with Crippen LogP contribution in [0.5, 0.6) is 0 Å². The van der Waals surface area contributed by atoms with Crippen LogP contribution in [0.3, 0.4) is 0 Å². The van der Waals surface area contributed by atoms with E-state index in [2.05, 4.69) is 15.9 Å². The largest absolute Gasteiger partial charge is 0.388 e. The van der Waals surface area contributed by atoms with Crippen LogP contribution < -0.4 is 0 Å². The molecule has 0 amide bonds. The van der Waals surface area contributed by atoms with Gasteiger partial charge in [0.15, 0.2) is 0 Å². The summed E-state index contributed by atoms with van der Waals surface area (Å²) in [4.78, 5) is 22.0. The van der Waals surface area contributed by atoms with Gasteiger partial charge in [-0.25, -0.2) is 0 Å². The molecule has 74 valence electrons. The summed E-state index contributed by atoms with van der Waals surface area (Å²) >= 11 is 3.27. The van der Waals surface area contributed by atoms with Gasteiger partial charge in [-0.2, -0.15) is 0 Å². The van der Waals surface area contributed by atoms with Crippen molar-refractivity contribution >= 4 is 27.5 Å². The average molecular weight is 257 g/mol. The van der Waals surface area contributed by atoms with Crippen molar-refractivity contribution in [2.45, 2.75) is 6.42 Å². The van der Waals surface area contributed by atoms with Crippen LogP contribution in [0.4, 0.5) is 0 Å². The number of hydrogen-bond acceptors (Lipinski definition) is 3. The van der Waals surface area contributed by atoms with Crippen molar-refractivity contribution in [3.63, 3.8) is 0 Å². The van der Waals surface area contributed by atoms with Gasteiger partial charge in [0.25, 0.3) is 0 Å². The van der Waals surface area contributed by atoms with Crippen molar-refractivity contribution in [3.8, 4) is 0 Å². The van der Waals surface area contributed by atoms with E-state index in [4.69, 9.17) is 5.11 Å². The molecule has 0 aliphatic rings. The lowest BCUT2D eigenvalue weighted by atomic mass is 10.1. The summed E-state index contributed by atoms with van der Waals surface area (Å²) in [5, 5.41) is 8.47. The van der Waals surface area contributed by atoms with Crippen LogP contribution in [0.15, 0.2) is 28.7 Å². The van der Waals surface area contributed by atoms with Crippen LogP contribution in [0.1, 0.15) is 5.56 Å². The van der Waals surface area contributed by atoms with Gasteiger partial charge in [0.1, 0.15) is 6.61 Å². The predicted molar refractivity (Wildman–Crippen MR) is 54.9 cm³/mol. The number of ketones is 2. The zero-order valence-electron chi connectivity index (χ0n) is 7.37. The van der Waals surface area contributed by atoms with Crippen molar-refractivity contribution in [1.82, 2.24) is 0 Å². The Morgan fingerprint density at radius 2 is 1.86 bits per heavy atom. The van der Waals surface area contributed by atoms with Gasteiger partial charge in [0.2, 0.25) is 11.6 Å². The fourth-order valence-electron chi connectivity index (χ4n) is 1.00. The summed E-state index contributed by atoms with van der Waals surface area (Å²) < 4.78 is 0.791. The molecule has 0 heterocycles. The highest BCUT2D eigenvalue weighted by molar-refractivity contribution is 9.10. The summed E-state index contributed by atoms with van der Waals surface area (Å²) in [7, 11) is 0. The maximum absolute atomic E-state index is 11.2. The number of halogens is 1. The van der Waals surface area contributed by atoms with Crippen molar-refractivity contribution in [1.29, 1.82) is 0 Å². The fraction of sp³-hybridized carbons (Fsp3) is 0.200. The quantitative estimate of drug-likeness (QED) is 0.822. The lowest BCUT2D eigenvalue weighted by Crippen LogP contribution is -2.19. The van der Waals surface area contributed by atoms with E-state index in [1.165, 1.54) is 0 Å². The number of aliphatic hydroxyl groups is 1. The zero-order chi connectivity index (χ0) is 10.6. The highest BCUT2D eigenvalue weighted by Gasteiger charge is 2.13. The highest BCUT2D eigenvalue weighted by Crippen LogP contribution is 2.16. The first kappa shape index (κ1) is 11.1. The molecular formula is C10H9BrO3. The maximum Gasteiger partial charge on any atom is 0.223 e. The molecule has 0 spiro atoms. The van der Waals surface area contributed by atoms with E-state index in [0.29, 0.717) is 0 Å². The molecule has 1 aromatic carbocycles. The van der Waals surface area contributed by atoms with Crippen LogP contribution >= 0.6 is 15.9 Å². The minimum atomic E-state index is -0.749. The molecule has 1 N–H and O–H groups in total. The standard InChI is InChI=1S/C10H9BrO3/c11-8-4-2-1-3-7(8)5-9(13)10(14)6-12/h1-4,12H,5-6H2. The van der Waals surface area contributed by atoms with Gasteiger partial charge in [0.05, 0.1) is 0 Å². The summed E-state index contributed by atoms with van der Waals surface area (Å²) in [5.41, 5.74) is 0.749. The van der Waals surface area contributed by atoms with E-state index in [1.807, 2.05) is 6.07 Å². The molecule has 1 rings (SSSR count). The molecule has 0 atom stereocenters. The van der Waals surface area contributed by atoms with Crippen molar-refractivity contribution in [2.24, 2.45) is 0 Å². The Labute approximate surface area is 89.9 Å². The molecule has 0 aliphatic carbocycles. The third kappa shape index (κ3) is 2.75. The summed E-state index contributed by atoms with van der Waals surface area (Å²) in [6.07, 6.45) is 0.0286. The van der Waals surface area contributed by atoms with E-state index in [1.54, 1.807) is 18.2 Å². The van der Waals surface area contributed by atoms with Crippen LogP contribution in [0.2, 0.25) is 0 Å². The topological polar surface area (TPSA) is 54.4 Å². The smallest absolute Gasteiger partial charge is 0.223 e. The Hall–Kier alpha value is -1.000. The Morgan fingerprint density at radius 1 is 1.21 bits per heavy atom. The van der Waals surface area contributed by atoms with Gasteiger partial charge in [-0.05, 0) is 11.6 Å². The monoisotopic (exact) mass is 256 g/mol. The normalized spacial score (nSPS) is 9.86. The maximum atomic E-state index is 11.2. The van der Waals surface area contributed by atoms with Gasteiger partial charge < -0.3 is 5.11 Å². The molecule has 0 bridgehead atoms. The van der Waals surface area contributed by atoms with E-state index >= 15 is 0 Å². The average Bonchev–Trinajstić information content (AvgIpc) is 2.20. The third-order valence-electron chi connectivity index (χ3n) is 1.76. The number of rotatable bonds is 4. The Morgan fingerprint density at radius 3 is 2.43 bits per heavy atom. The van der Waals surface area contributed by atoms with Crippen molar-refractivity contribution in [2.75, 3.05) is 6.61 Å². The van der Waals surface area contributed by atoms with E-state index < -0.39 is 18.2 Å². The molecule has 1 aromatic rings. The minimum absolute atomic E-state index is 0.0286. The van der Waals surface area contributed by atoms with Crippen LogP contribution in [-0.4, -0.2) is 23.3 Å². The number of carbonyl (C=O) groups is 2. The number of Topliss-reactive ketones (excluding diaryl/α,β-unsaturated/α-hetero) is 2. The molecule has 0 aliphatic heterocycles. The molecule has 4 heteroatoms. The first-order valence-electron chi connectivity index (χ1n) is 4.05. The van der Waals surface area contributed by atoms with Gasteiger partial charge in [-0.1, -0.05) is 34.1 Å². The molecule has 0 aromatic heterocycles. The first-order valence-corrected chi connectivity index (χ1v) is 4.84. The number of aliphatic hydroxyl groups excluding tert-OH is 1. The van der Waals surface area contributed by atoms with Crippen LogP contribution in [-0.2, 0) is 16.0 Å². The highest BCUT2D eigenvalue weighted by atomic mass is 79.9. The van der Waals surface area contributed by atoms with E-state index in [-0.39, 0.29) is 6.42 Å². The second-order valence-electron chi connectivity index (χ2n) is 2.77. The van der Waals surface area contributed by atoms with Gasteiger partial charge in [0, 0.05) is 10.9 Å². The van der Waals surface area contributed by atoms with Gasteiger partial charge >= 0.3 is 0 Å². The number of hydrogen-bond donors (Lipinski definition) is 1. The third-order valence-corrected chi connectivity index (χ3v) is 2.54. The molecule has 14 heavy (non-hydrogen) atoms. The van der Waals surface area contributed by atoms with Crippen LogP contribution in [0, 0.1) is 0 Å². The lowest BCUT2D eigenvalue weighted by Gasteiger charge is -2.01. The summed E-state index contributed by atoms with van der Waals surface area (Å²) in [5.74, 6) is -1.32. The van der Waals surface area contributed by atoms with Crippen molar-refractivity contribution < 1.29 is 14.7 Å². The summed E-state index contributed by atoms with van der Waals surface area (Å²) in [6, 6.07) is 7.17. The first-order chi connectivity index (χ1) is 6.65. The summed E-state index contributed by atoms with van der Waals surface area (Å²) in [6.45, 7) is -0.719. The number of benzene rings is 1. The Bertz CT molecular complexity index is 360. The molecule has 0 radical (unpaired) electrons. The molecule has 0 saturated heterocycles. The van der Waals surface area contributed by atoms with E-state index in [0.717, 1.165) is 10.0 Å². The van der Waals surface area contributed by atoms with Crippen molar-refractivity contribution in [3.05, 3.63) is 34.3 Å².